The first-order valence-corrected chi connectivity index (χ1v) is 7.85. The van der Waals surface area contributed by atoms with Crippen LogP contribution < -0.4 is 10.8 Å². The van der Waals surface area contributed by atoms with Gasteiger partial charge in [0.25, 0.3) is 0 Å². The first-order valence-electron chi connectivity index (χ1n) is 7.85. The minimum atomic E-state index is -0.936. The fourth-order valence-electron chi connectivity index (χ4n) is 3.25. The molecule has 1 fully saturated rings. The molecule has 0 bridgehead atoms. The maximum absolute atomic E-state index is 11.7. The molecule has 2 N–H and O–H groups in total. The van der Waals surface area contributed by atoms with Crippen molar-refractivity contribution >= 4 is 24.2 Å². The number of carbonyl (C=O) groups is 1. The van der Waals surface area contributed by atoms with Gasteiger partial charge in [-0.3, -0.25) is 0 Å². The molecule has 126 valence electrons. The van der Waals surface area contributed by atoms with Gasteiger partial charge in [0.15, 0.2) is 0 Å². The molecule has 6 heteroatoms. The minimum absolute atomic E-state index is 0.310. The van der Waals surface area contributed by atoms with Gasteiger partial charge < -0.3 is 19.7 Å². The van der Waals surface area contributed by atoms with Crippen molar-refractivity contribution in [2.75, 3.05) is 12.4 Å². The molecule has 0 unspecified atom stereocenters. The van der Waals surface area contributed by atoms with E-state index in [-0.39, 0.29) is 0 Å². The highest BCUT2D eigenvalue weighted by molar-refractivity contribution is 6.63. The van der Waals surface area contributed by atoms with E-state index in [1.807, 2.05) is 48.5 Å². The summed E-state index contributed by atoms with van der Waals surface area (Å²) in [6.07, 6.45) is 0. The molecule has 2 rings (SSSR count). The van der Waals surface area contributed by atoms with Crippen molar-refractivity contribution < 1.29 is 19.2 Å². The number of carboxylic acid groups (broad SMARTS) is 1. The second kappa shape index (κ2) is 5.53. The van der Waals surface area contributed by atoms with Gasteiger partial charge in [0, 0.05) is 12.7 Å². The predicted molar refractivity (Wildman–Crippen MR) is 92.9 cm³/mol. The molecule has 5 nitrogen and oxygen atoms in total. The Hall–Kier alpha value is -1.53. The third-order valence-corrected chi connectivity index (χ3v) is 5.26. The monoisotopic (exact) mass is 319 g/mol. The lowest BCUT2D eigenvalue weighted by Gasteiger charge is -2.32. The van der Waals surface area contributed by atoms with Crippen LogP contribution in [0, 0.1) is 20.8 Å². The molecule has 1 aromatic carbocycles. The molecule has 0 aromatic heterocycles. The van der Waals surface area contributed by atoms with Crippen LogP contribution in [0.25, 0.3) is 0 Å². The summed E-state index contributed by atoms with van der Waals surface area (Å²) in [6, 6.07) is 0. The van der Waals surface area contributed by atoms with Gasteiger partial charge in [-0.2, -0.15) is 0 Å². The Bertz CT molecular complexity index is 651. The lowest BCUT2D eigenvalue weighted by atomic mass is 9.70. The maximum Gasteiger partial charge on any atom is 0.495 e. The minimum Gasteiger partial charge on any atom is -0.478 e. The summed E-state index contributed by atoms with van der Waals surface area (Å²) in [5, 5.41) is 12.7. The molecule has 0 aliphatic carbocycles. The zero-order chi connectivity index (χ0) is 17.7. The van der Waals surface area contributed by atoms with Crippen molar-refractivity contribution in [1.29, 1.82) is 0 Å². The van der Waals surface area contributed by atoms with E-state index in [4.69, 9.17) is 9.31 Å². The predicted octanol–water partition coefficient (Wildman–Crippen LogP) is 2.65. The van der Waals surface area contributed by atoms with Gasteiger partial charge in [0.1, 0.15) is 0 Å². The summed E-state index contributed by atoms with van der Waals surface area (Å²) in [7, 11) is 1.22. The first-order chi connectivity index (χ1) is 10.4. The molecule has 0 amide bonds. The van der Waals surface area contributed by atoms with Gasteiger partial charge in [-0.1, -0.05) is 0 Å². The maximum atomic E-state index is 11.7. The fraction of sp³-hybridized carbons (Fsp3) is 0.588. The van der Waals surface area contributed by atoms with Crippen LogP contribution in [0.4, 0.5) is 5.69 Å². The highest BCUT2D eigenvalue weighted by Gasteiger charge is 2.52. The summed E-state index contributed by atoms with van der Waals surface area (Å²) >= 11 is 0. The van der Waals surface area contributed by atoms with Gasteiger partial charge in [0.2, 0.25) is 0 Å². The fourth-order valence-corrected chi connectivity index (χ4v) is 3.25. The molecule has 0 atom stereocenters. The summed E-state index contributed by atoms with van der Waals surface area (Å²) in [5.74, 6) is -0.936. The Morgan fingerprint density at radius 1 is 1.00 bits per heavy atom. The molecule has 0 spiro atoms. The van der Waals surface area contributed by atoms with E-state index >= 15 is 0 Å². The van der Waals surface area contributed by atoms with E-state index in [2.05, 4.69) is 5.32 Å². The van der Waals surface area contributed by atoms with E-state index < -0.39 is 24.3 Å². The van der Waals surface area contributed by atoms with Gasteiger partial charge in [0.05, 0.1) is 16.8 Å². The summed E-state index contributed by atoms with van der Waals surface area (Å²) in [4.78, 5) is 11.7. The van der Waals surface area contributed by atoms with E-state index in [0.29, 0.717) is 11.1 Å². The van der Waals surface area contributed by atoms with Crippen molar-refractivity contribution in [2.24, 2.45) is 0 Å². The number of nitrogens with one attached hydrogen (secondary N) is 1. The number of rotatable bonds is 3. The van der Waals surface area contributed by atoms with Gasteiger partial charge in [-0.15, -0.1) is 0 Å². The number of hydrogen-bond donors (Lipinski definition) is 2. The smallest absolute Gasteiger partial charge is 0.478 e. The number of anilines is 1. The molecular weight excluding hydrogens is 293 g/mol. The Kier molecular flexibility index (Phi) is 4.28. The SMILES string of the molecule is CNc1c(C)c(B2OC(C)(C)C(C)(C)O2)c(C)c(C(=O)O)c1C. The quantitative estimate of drug-likeness (QED) is 0.839. The number of benzene rings is 1. The molecule has 1 heterocycles. The molecule has 1 saturated heterocycles. The Balaban J connectivity index is 2.69. The van der Waals surface area contributed by atoms with Crippen LogP contribution in [0.2, 0.25) is 0 Å². The van der Waals surface area contributed by atoms with Crippen LogP contribution in [0.3, 0.4) is 0 Å². The summed E-state index contributed by atoms with van der Waals surface area (Å²) in [6.45, 7) is 13.6. The van der Waals surface area contributed by atoms with Crippen LogP contribution in [0.15, 0.2) is 0 Å². The second-order valence-corrected chi connectivity index (χ2v) is 7.18. The van der Waals surface area contributed by atoms with Gasteiger partial charge >= 0.3 is 13.1 Å². The topological polar surface area (TPSA) is 67.8 Å². The molecule has 0 saturated carbocycles. The zero-order valence-electron chi connectivity index (χ0n) is 15.2. The van der Waals surface area contributed by atoms with Crippen molar-refractivity contribution in [3.05, 3.63) is 22.3 Å². The normalized spacial score (nSPS) is 19.0. The molecular formula is C17H26BNO4. The summed E-state index contributed by atoms with van der Waals surface area (Å²) < 4.78 is 12.3. The Morgan fingerprint density at radius 2 is 1.48 bits per heavy atom. The highest BCUT2D eigenvalue weighted by Crippen LogP contribution is 2.38. The van der Waals surface area contributed by atoms with Crippen LogP contribution in [0.5, 0.6) is 0 Å². The molecule has 1 aliphatic heterocycles. The highest BCUT2D eigenvalue weighted by atomic mass is 16.7. The second-order valence-electron chi connectivity index (χ2n) is 7.18. The molecule has 0 radical (unpaired) electrons. The number of aromatic carboxylic acids is 1. The van der Waals surface area contributed by atoms with Crippen molar-refractivity contribution in [3.8, 4) is 0 Å². The third-order valence-electron chi connectivity index (χ3n) is 5.26. The molecule has 23 heavy (non-hydrogen) atoms. The number of hydrogen-bond acceptors (Lipinski definition) is 4. The van der Waals surface area contributed by atoms with E-state index in [0.717, 1.165) is 22.3 Å². The van der Waals surface area contributed by atoms with Crippen LogP contribution in [0.1, 0.15) is 54.7 Å². The zero-order valence-corrected chi connectivity index (χ0v) is 15.2. The average Bonchev–Trinajstić information content (AvgIpc) is 2.57. The van der Waals surface area contributed by atoms with Crippen LogP contribution in [-0.4, -0.2) is 36.4 Å². The van der Waals surface area contributed by atoms with Crippen molar-refractivity contribution in [3.63, 3.8) is 0 Å². The number of carboxylic acids is 1. The summed E-state index contributed by atoms with van der Waals surface area (Å²) in [5.41, 5.74) is 3.39. The standard InChI is InChI=1S/C17H26BNO4/c1-9-12(15(20)21)10(2)14(19-8)11(3)13(9)18-22-16(4,5)17(6,7)23-18/h19H,1-8H3,(H,20,21). The lowest BCUT2D eigenvalue weighted by molar-refractivity contribution is 0.00578. The van der Waals surface area contributed by atoms with Gasteiger partial charge in [-0.05, 0) is 70.6 Å². The largest absolute Gasteiger partial charge is 0.495 e. The van der Waals surface area contributed by atoms with E-state index in [1.54, 1.807) is 7.05 Å². The first kappa shape index (κ1) is 17.8. The van der Waals surface area contributed by atoms with Crippen molar-refractivity contribution in [2.45, 2.75) is 59.7 Å². The van der Waals surface area contributed by atoms with Crippen LogP contribution >= 0.6 is 0 Å². The Morgan fingerprint density at radius 3 is 1.87 bits per heavy atom. The Labute approximate surface area is 138 Å². The van der Waals surface area contributed by atoms with E-state index in [9.17, 15) is 9.90 Å². The van der Waals surface area contributed by atoms with Crippen molar-refractivity contribution in [1.82, 2.24) is 0 Å². The lowest BCUT2D eigenvalue weighted by Crippen LogP contribution is -2.41. The van der Waals surface area contributed by atoms with E-state index in [1.165, 1.54) is 0 Å². The average molecular weight is 319 g/mol. The van der Waals surface area contributed by atoms with Crippen LogP contribution in [-0.2, 0) is 9.31 Å². The molecule has 1 aliphatic rings. The third kappa shape index (κ3) is 2.64. The molecule has 1 aromatic rings. The van der Waals surface area contributed by atoms with Gasteiger partial charge in [-0.25, -0.2) is 4.79 Å².